The lowest BCUT2D eigenvalue weighted by atomic mass is 10.1. The van der Waals surface area contributed by atoms with E-state index in [1.807, 2.05) is 6.20 Å². The molecule has 0 amide bonds. The number of anilines is 1. The van der Waals surface area contributed by atoms with E-state index in [1.54, 1.807) is 11.3 Å². The summed E-state index contributed by atoms with van der Waals surface area (Å²) in [6.07, 6.45) is 4.54. The SMILES string of the molecule is CC[C@@H]1CCN(c2nccs2)C1. The smallest absolute Gasteiger partial charge is 0.185 e. The highest BCUT2D eigenvalue weighted by molar-refractivity contribution is 7.13. The highest BCUT2D eigenvalue weighted by Gasteiger charge is 2.22. The van der Waals surface area contributed by atoms with Crippen molar-refractivity contribution in [3.05, 3.63) is 11.6 Å². The summed E-state index contributed by atoms with van der Waals surface area (Å²) in [7, 11) is 0. The van der Waals surface area contributed by atoms with Crippen molar-refractivity contribution in [3.8, 4) is 0 Å². The molecule has 1 atom stereocenters. The van der Waals surface area contributed by atoms with Crippen LogP contribution < -0.4 is 4.90 Å². The van der Waals surface area contributed by atoms with Crippen LogP contribution in [0.15, 0.2) is 11.6 Å². The molecule has 0 N–H and O–H groups in total. The largest absolute Gasteiger partial charge is 0.348 e. The quantitative estimate of drug-likeness (QED) is 0.698. The van der Waals surface area contributed by atoms with Gasteiger partial charge in [-0.15, -0.1) is 11.3 Å². The molecule has 0 spiro atoms. The van der Waals surface area contributed by atoms with Gasteiger partial charge in [-0.25, -0.2) is 4.98 Å². The third kappa shape index (κ3) is 1.46. The van der Waals surface area contributed by atoms with E-state index in [9.17, 15) is 0 Å². The second-order valence-corrected chi connectivity index (χ2v) is 4.20. The molecule has 1 aliphatic rings. The Morgan fingerprint density at radius 2 is 2.67 bits per heavy atom. The van der Waals surface area contributed by atoms with E-state index in [0.717, 1.165) is 5.92 Å². The monoisotopic (exact) mass is 182 g/mol. The van der Waals surface area contributed by atoms with E-state index in [2.05, 4.69) is 22.2 Å². The van der Waals surface area contributed by atoms with Crippen LogP contribution in [0.25, 0.3) is 0 Å². The van der Waals surface area contributed by atoms with Crippen LogP contribution in [0.4, 0.5) is 5.13 Å². The minimum atomic E-state index is 0.897. The van der Waals surface area contributed by atoms with Gasteiger partial charge in [0.1, 0.15) is 0 Å². The maximum Gasteiger partial charge on any atom is 0.185 e. The first-order valence-electron chi connectivity index (χ1n) is 4.54. The van der Waals surface area contributed by atoms with Crippen LogP contribution in [0.1, 0.15) is 19.8 Å². The second kappa shape index (κ2) is 3.44. The first-order chi connectivity index (χ1) is 5.90. The molecule has 2 rings (SSSR count). The van der Waals surface area contributed by atoms with Crippen LogP contribution in [0.3, 0.4) is 0 Å². The summed E-state index contributed by atoms with van der Waals surface area (Å²) in [4.78, 5) is 6.71. The first kappa shape index (κ1) is 8.05. The molecule has 0 radical (unpaired) electrons. The molecule has 0 unspecified atom stereocenters. The maximum absolute atomic E-state index is 4.31. The molecule has 1 aromatic rings. The van der Waals surface area contributed by atoms with Crippen LogP contribution >= 0.6 is 11.3 Å². The Balaban J connectivity index is 2.00. The first-order valence-corrected chi connectivity index (χ1v) is 5.42. The molecule has 12 heavy (non-hydrogen) atoms. The van der Waals surface area contributed by atoms with Crippen LogP contribution in [0.5, 0.6) is 0 Å². The summed E-state index contributed by atoms with van der Waals surface area (Å²) in [5, 5.41) is 3.25. The molecular formula is C9H14N2S. The summed E-state index contributed by atoms with van der Waals surface area (Å²) >= 11 is 1.75. The summed E-state index contributed by atoms with van der Waals surface area (Å²) < 4.78 is 0. The zero-order valence-electron chi connectivity index (χ0n) is 7.36. The molecule has 0 aliphatic carbocycles. The van der Waals surface area contributed by atoms with Crippen molar-refractivity contribution in [2.24, 2.45) is 5.92 Å². The molecule has 0 aromatic carbocycles. The lowest BCUT2D eigenvalue weighted by Gasteiger charge is -2.13. The fourth-order valence-corrected chi connectivity index (χ4v) is 2.39. The molecule has 0 saturated carbocycles. The van der Waals surface area contributed by atoms with Crippen LogP contribution in [0.2, 0.25) is 0 Å². The Kier molecular flexibility index (Phi) is 2.30. The van der Waals surface area contributed by atoms with Gasteiger partial charge in [0.25, 0.3) is 0 Å². The van der Waals surface area contributed by atoms with Gasteiger partial charge in [-0.05, 0) is 12.3 Å². The molecule has 1 fully saturated rings. The lowest BCUT2D eigenvalue weighted by molar-refractivity contribution is 0.569. The molecule has 1 aromatic heterocycles. The van der Waals surface area contributed by atoms with Crippen molar-refractivity contribution in [1.29, 1.82) is 0 Å². The Hall–Kier alpha value is -0.570. The van der Waals surface area contributed by atoms with Crippen molar-refractivity contribution in [3.63, 3.8) is 0 Å². The highest BCUT2D eigenvalue weighted by Crippen LogP contribution is 2.26. The van der Waals surface area contributed by atoms with Crippen molar-refractivity contribution >= 4 is 16.5 Å². The van der Waals surface area contributed by atoms with E-state index in [-0.39, 0.29) is 0 Å². The molecule has 1 saturated heterocycles. The number of aromatic nitrogens is 1. The molecule has 0 bridgehead atoms. The van der Waals surface area contributed by atoms with Crippen molar-refractivity contribution in [1.82, 2.24) is 4.98 Å². The van der Waals surface area contributed by atoms with Gasteiger partial charge in [0.15, 0.2) is 5.13 Å². The van der Waals surface area contributed by atoms with Crippen molar-refractivity contribution in [2.45, 2.75) is 19.8 Å². The van der Waals surface area contributed by atoms with Gasteiger partial charge in [0.05, 0.1) is 0 Å². The van der Waals surface area contributed by atoms with Crippen LogP contribution in [0, 0.1) is 5.92 Å². The van der Waals surface area contributed by atoms with E-state index in [1.165, 1.54) is 31.1 Å². The Labute approximate surface area is 77.2 Å². The number of hydrogen-bond donors (Lipinski definition) is 0. The standard InChI is InChI=1S/C9H14N2S/c1-2-8-3-5-11(7-8)9-10-4-6-12-9/h4,6,8H,2-3,5,7H2,1H3/t8-/m1/s1. The molecule has 66 valence electrons. The van der Waals surface area contributed by atoms with E-state index >= 15 is 0 Å². The maximum atomic E-state index is 4.31. The Bertz CT molecular complexity index is 233. The molecule has 2 heterocycles. The molecule has 3 heteroatoms. The van der Waals surface area contributed by atoms with Gasteiger partial charge in [-0.2, -0.15) is 0 Å². The topological polar surface area (TPSA) is 16.1 Å². The summed E-state index contributed by atoms with van der Waals surface area (Å²) in [5.41, 5.74) is 0. The zero-order chi connectivity index (χ0) is 8.39. The van der Waals surface area contributed by atoms with E-state index in [4.69, 9.17) is 0 Å². The summed E-state index contributed by atoms with van der Waals surface area (Å²) in [5.74, 6) is 0.897. The van der Waals surface area contributed by atoms with Crippen LogP contribution in [-0.2, 0) is 0 Å². The predicted molar refractivity (Wildman–Crippen MR) is 52.7 cm³/mol. The fraction of sp³-hybridized carbons (Fsp3) is 0.667. The van der Waals surface area contributed by atoms with E-state index < -0.39 is 0 Å². The number of nitrogens with zero attached hydrogens (tertiary/aromatic N) is 2. The zero-order valence-corrected chi connectivity index (χ0v) is 8.18. The van der Waals surface area contributed by atoms with Gasteiger partial charge >= 0.3 is 0 Å². The molecular weight excluding hydrogens is 168 g/mol. The molecule has 2 nitrogen and oxygen atoms in total. The third-order valence-electron chi connectivity index (χ3n) is 2.55. The number of thiazole rings is 1. The number of rotatable bonds is 2. The highest BCUT2D eigenvalue weighted by atomic mass is 32.1. The van der Waals surface area contributed by atoms with Crippen molar-refractivity contribution in [2.75, 3.05) is 18.0 Å². The predicted octanol–water partition coefficient (Wildman–Crippen LogP) is 2.38. The van der Waals surface area contributed by atoms with Gasteiger partial charge in [0, 0.05) is 24.7 Å². The fourth-order valence-electron chi connectivity index (χ4n) is 1.71. The minimum absolute atomic E-state index is 0.897. The Morgan fingerprint density at radius 1 is 1.75 bits per heavy atom. The average Bonchev–Trinajstić information content (AvgIpc) is 2.75. The van der Waals surface area contributed by atoms with Crippen molar-refractivity contribution < 1.29 is 0 Å². The van der Waals surface area contributed by atoms with E-state index in [0.29, 0.717) is 0 Å². The average molecular weight is 182 g/mol. The lowest BCUT2D eigenvalue weighted by Crippen LogP contribution is -2.18. The third-order valence-corrected chi connectivity index (χ3v) is 3.39. The summed E-state index contributed by atoms with van der Waals surface area (Å²) in [6, 6.07) is 0. The van der Waals surface area contributed by atoms with Gasteiger partial charge in [-0.1, -0.05) is 13.3 Å². The molecule has 1 aliphatic heterocycles. The summed E-state index contributed by atoms with van der Waals surface area (Å²) in [6.45, 7) is 4.69. The van der Waals surface area contributed by atoms with Gasteiger partial charge < -0.3 is 4.90 Å². The normalized spacial score (nSPS) is 23.4. The minimum Gasteiger partial charge on any atom is -0.348 e. The van der Waals surface area contributed by atoms with Gasteiger partial charge in [0.2, 0.25) is 0 Å². The van der Waals surface area contributed by atoms with Gasteiger partial charge in [-0.3, -0.25) is 0 Å². The second-order valence-electron chi connectivity index (χ2n) is 3.32. The number of hydrogen-bond acceptors (Lipinski definition) is 3. The van der Waals surface area contributed by atoms with Crippen LogP contribution in [-0.4, -0.2) is 18.1 Å². The Morgan fingerprint density at radius 3 is 3.25 bits per heavy atom.